The van der Waals surface area contributed by atoms with E-state index in [0.29, 0.717) is 0 Å². The van der Waals surface area contributed by atoms with E-state index in [-0.39, 0.29) is 0 Å². The van der Waals surface area contributed by atoms with Crippen molar-refractivity contribution in [3.8, 4) is 11.1 Å². The molecule has 8 aromatic carbocycles. The largest absolute Gasteiger partial charge is 0.311 e. The second-order valence-electron chi connectivity index (χ2n) is 14.1. The molecule has 2 heteroatoms. The molecule has 0 fully saturated rings. The first-order chi connectivity index (χ1) is 27.6. The first kappa shape index (κ1) is 35.8. The van der Waals surface area contributed by atoms with Crippen LogP contribution in [-0.4, -0.2) is 0 Å². The van der Waals surface area contributed by atoms with Crippen molar-refractivity contribution in [2.24, 2.45) is 0 Å². The molecule has 270 valence electrons. The highest BCUT2D eigenvalue weighted by molar-refractivity contribution is 5.82. The van der Waals surface area contributed by atoms with Crippen LogP contribution >= 0.6 is 0 Å². The fourth-order valence-electron chi connectivity index (χ4n) is 6.90. The predicted molar refractivity (Wildman–Crippen MR) is 241 cm³/mol. The molecule has 0 aliphatic heterocycles. The fourth-order valence-corrected chi connectivity index (χ4v) is 6.90. The minimum Gasteiger partial charge on any atom is -0.311 e. The lowest BCUT2D eigenvalue weighted by Gasteiger charge is -2.26. The highest BCUT2D eigenvalue weighted by atomic mass is 15.1. The molecule has 0 bridgehead atoms. The van der Waals surface area contributed by atoms with Crippen molar-refractivity contribution in [3.05, 3.63) is 240 Å². The van der Waals surface area contributed by atoms with Gasteiger partial charge in [-0.3, -0.25) is 0 Å². The van der Waals surface area contributed by atoms with E-state index >= 15 is 0 Å². The number of hydrogen-bond acceptors (Lipinski definition) is 2. The normalized spacial score (nSPS) is 11.2. The van der Waals surface area contributed by atoms with E-state index in [1.807, 2.05) is 0 Å². The van der Waals surface area contributed by atoms with E-state index in [4.69, 9.17) is 0 Å². The van der Waals surface area contributed by atoms with Gasteiger partial charge < -0.3 is 9.80 Å². The summed E-state index contributed by atoms with van der Waals surface area (Å²) in [6, 6.07) is 73.6. The molecule has 0 amide bonds. The molecule has 0 aromatic heterocycles. The molecule has 0 aliphatic carbocycles. The number of rotatable bonds is 11. The maximum atomic E-state index is 2.32. The van der Waals surface area contributed by atoms with Crippen molar-refractivity contribution in [2.75, 3.05) is 9.80 Å². The first-order valence-electron chi connectivity index (χ1n) is 19.2. The second-order valence-corrected chi connectivity index (χ2v) is 14.1. The van der Waals surface area contributed by atoms with E-state index in [9.17, 15) is 0 Å². The number of anilines is 6. The van der Waals surface area contributed by atoms with Gasteiger partial charge in [0.1, 0.15) is 0 Å². The van der Waals surface area contributed by atoms with Crippen LogP contribution in [0.4, 0.5) is 34.1 Å². The summed E-state index contributed by atoms with van der Waals surface area (Å²) in [6.07, 6.45) is 8.69. The average Bonchev–Trinajstić information content (AvgIpc) is 3.25. The maximum absolute atomic E-state index is 2.32. The monoisotopic (exact) mass is 720 g/mol. The van der Waals surface area contributed by atoms with Crippen molar-refractivity contribution < 1.29 is 0 Å². The molecule has 2 nitrogen and oxygen atoms in total. The maximum Gasteiger partial charge on any atom is 0.0467 e. The van der Waals surface area contributed by atoms with Gasteiger partial charge in [0.05, 0.1) is 0 Å². The van der Waals surface area contributed by atoms with Crippen LogP contribution in [0.25, 0.3) is 35.4 Å². The third-order valence-corrected chi connectivity index (χ3v) is 9.98. The average molecular weight is 721 g/mol. The molecule has 0 aliphatic rings. The first-order valence-corrected chi connectivity index (χ1v) is 19.2. The highest BCUT2D eigenvalue weighted by Gasteiger charge is 2.15. The number of nitrogens with zero attached hydrogens (tertiary/aromatic N) is 2. The molecular weight excluding hydrogens is 677 g/mol. The summed E-state index contributed by atoms with van der Waals surface area (Å²) < 4.78 is 0. The van der Waals surface area contributed by atoms with Gasteiger partial charge in [0.2, 0.25) is 0 Å². The van der Waals surface area contributed by atoms with Gasteiger partial charge in [-0.1, -0.05) is 169 Å². The Labute approximate surface area is 331 Å². The van der Waals surface area contributed by atoms with Crippen molar-refractivity contribution in [3.63, 3.8) is 0 Å². The van der Waals surface area contributed by atoms with E-state index in [0.717, 1.165) is 45.3 Å². The Morgan fingerprint density at radius 2 is 0.589 bits per heavy atom. The molecular formula is C54H44N2. The number of benzene rings is 8. The quantitative estimate of drug-likeness (QED) is 0.123. The third kappa shape index (κ3) is 8.62. The topological polar surface area (TPSA) is 6.48 Å². The fraction of sp³-hybridized carbons (Fsp3) is 0.0370. The Kier molecular flexibility index (Phi) is 10.8. The Balaban J connectivity index is 1.04. The van der Waals surface area contributed by atoms with Crippen LogP contribution in [0.5, 0.6) is 0 Å². The van der Waals surface area contributed by atoms with Crippen LogP contribution in [0.2, 0.25) is 0 Å². The van der Waals surface area contributed by atoms with Gasteiger partial charge in [-0.25, -0.2) is 0 Å². The minimum absolute atomic E-state index is 1.10. The lowest BCUT2D eigenvalue weighted by atomic mass is 10.0. The molecule has 0 unspecified atom stereocenters. The van der Waals surface area contributed by atoms with Gasteiger partial charge in [0, 0.05) is 34.1 Å². The van der Waals surface area contributed by atoms with Gasteiger partial charge in [0.25, 0.3) is 0 Å². The van der Waals surface area contributed by atoms with E-state index in [1.54, 1.807) is 0 Å². The summed E-state index contributed by atoms with van der Waals surface area (Å²) in [5, 5.41) is 0. The molecule has 0 saturated carbocycles. The SMILES string of the molecule is Cc1ccc(C=Cc2ccc(N(c3ccccc3)c3ccc(-c4ccc(N(c5ccccc5)c5cccc(C=Cc6ccc(C)cc6)c5)cc4)cc3)cc2)cc1. The summed E-state index contributed by atoms with van der Waals surface area (Å²) in [5.74, 6) is 0. The standard InChI is InChI=1S/C54H44N2/c1-41-16-20-43(21-17-41)24-25-45-28-34-51(35-29-45)55(49-11-5-3-6-12-49)52-36-30-47(31-37-52)48-32-38-53(39-33-48)56(50-13-7-4-8-14-50)54-15-9-10-46(40-54)27-26-44-22-18-42(2)19-23-44/h3-40H,1-2H3. The molecule has 0 radical (unpaired) electrons. The molecule has 8 rings (SSSR count). The van der Waals surface area contributed by atoms with Crippen LogP contribution in [0.1, 0.15) is 33.4 Å². The lowest BCUT2D eigenvalue weighted by molar-refractivity contribution is 1.28. The van der Waals surface area contributed by atoms with Crippen molar-refractivity contribution >= 4 is 58.4 Å². The van der Waals surface area contributed by atoms with Gasteiger partial charge in [-0.2, -0.15) is 0 Å². The van der Waals surface area contributed by atoms with E-state index in [2.05, 4.69) is 254 Å². The number of para-hydroxylation sites is 2. The van der Waals surface area contributed by atoms with Crippen molar-refractivity contribution in [2.45, 2.75) is 13.8 Å². The summed E-state index contributed by atoms with van der Waals surface area (Å²) >= 11 is 0. The van der Waals surface area contributed by atoms with E-state index < -0.39 is 0 Å². The van der Waals surface area contributed by atoms with Crippen molar-refractivity contribution in [1.82, 2.24) is 0 Å². The molecule has 0 N–H and O–H groups in total. The Bertz CT molecular complexity index is 2530. The molecule has 0 heterocycles. The minimum atomic E-state index is 1.10. The molecule has 0 spiro atoms. The lowest BCUT2D eigenvalue weighted by Crippen LogP contribution is -2.10. The summed E-state index contributed by atoms with van der Waals surface area (Å²) in [4.78, 5) is 4.62. The number of aryl methyl sites for hydroxylation is 2. The van der Waals surface area contributed by atoms with Crippen LogP contribution in [-0.2, 0) is 0 Å². The third-order valence-electron chi connectivity index (χ3n) is 9.98. The van der Waals surface area contributed by atoms with Gasteiger partial charge in [0.15, 0.2) is 0 Å². The molecule has 8 aromatic rings. The Morgan fingerprint density at radius 1 is 0.268 bits per heavy atom. The summed E-state index contributed by atoms with van der Waals surface area (Å²) in [7, 11) is 0. The molecule has 0 atom stereocenters. The zero-order valence-corrected chi connectivity index (χ0v) is 31.8. The Hall–Kier alpha value is -7.16. The Morgan fingerprint density at radius 3 is 1.02 bits per heavy atom. The highest BCUT2D eigenvalue weighted by Crippen LogP contribution is 2.38. The zero-order chi connectivity index (χ0) is 38.1. The summed E-state index contributed by atoms with van der Waals surface area (Å²) in [5.41, 5.74) is 16.2. The van der Waals surface area contributed by atoms with E-state index in [1.165, 1.54) is 33.4 Å². The second kappa shape index (κ2) is 16.9. The number of hydrogen-bond donors (Lipinski definition) is 0. The van der Waals surface area contributed by atoms with Crippen LogP contribution in [0.15, 0.2) is 206 Å². The zero-order valence-electron chi connectivity index (χ0n) is 31.8. The van der Waals surface area contributed by atoms with Crippen LogP contribution < -0.4 is 9.80 Å². The predicted octanol–water partition coefficient (Wildman–Crippen LogP) is 15.3. The van der Waals surface area contributed by atoms with Gasteiger partial charge in [-0.05, 0) is 120 Å². The smallest absolute Gasteiger partial charge is 0.0467 e. The molecule has 56 heavy (non-hydrogen) atoms. The molecule has 0 saturated heterocycles. The van der Waals surface area contributed by atoms with Crippen LogP contribution in [0.3, 0.4) is 0 Å². The van der Waals surface area contributed by atoms with Crippen LogP contribution in [0, 0.1) is 13.8 Å². The van der Waals surface area contributed by atoms with Gasteiger partial charge in [-0.15, -0.1) is 0 Å². The van der Waals surface area contributed by atoms with Crippen molar-refractivity contribution in [1.29, 1.82) is 0 Å². The summed E-state index contributed by atoms with van der Waals surface area (Å²) in [6.45, 7) is 4.23. The van der Waals surface area contributed by atoms with Gasteiger partial charge >= 0.3 is 0 Å².